The minimum atomic E-state index is 0.0252. The Kier molecular flexibility index (Phi) is 3.80. The fraction of sp³-hybridized carbons (Fsp3) is 0.0833. The second-order valence-electron chi connectivity index (χ2n) is 6.87. The predicted molar refractivity (Wildman–Crippen MR) is 110 cm³/mol. The van der Waals surface area contributed by atoms with Gasteiger partial charge in [0.1, 0.15) is 0 Å². The van der Waals surface area contributed by atoms with Gasteiger partial charge in [-0.3, -0.25) is 0 Å². The summed E-state index contributed by atoms with van der Waals surface area (Å²) in [4.78, 5) is 6.83. The van der Waals surface area contributed by atoms with E-state index in [0.29, 0.717) is 0 Å². The van der Waals surface area contributed by atoms with E-state index in [2.05, 4.69) is 64.8 Å². The summed E-state index contributed by atoms with van der Waals surface area (Å²) >= 11 is 0. The van der Waals surface area contributed by atoms with Crippen molar-refractivity contribution in [2.75, 3.05) is 0 Å². The first-order chi connectivity index (χ1) is 13.4. The van der Waals surface area contributed by atoms with Crippen LogP contribution in [-0.4, -0.2) is 15.1 Å². The van der Waals surface area contributed by atoms with E-state index in [9.17, 15) is 5.11 Å². The van der Waals surface area contributed by atoms with Gasteiger partial charge in [0.15, 0.2) is 0 Å². The van der Waals surface area contributed by atoms with Crippen molar-refractivity contribution >= 4 is 21.8 Å². The van der Waals surface area contributed by atoms with E-state index in [1.54, 1.807) is 0 Å². The summed E-state index contributed by atoms with van der Waals surface area (Å²) in [6, 6.07) is 24.9. The summed E-state index contributed by atoms with van der Waals surface area (Å²) in [5, 5.41) is 12.4. The van der Waals surface area contributed by atoms with Crippen molar-refractivity contribution in [3.63, 3.8) is 0 Å². The van der Waals surface area contributed by atoms with E-state index < -0.39 is 0 Å². The molecule has 3 N–H and O–H groups in total. The Labute approximate surface area is 157 Å². The molecule has 132 valence electrons. The number of rotatable bonds is 4. The van der Waals surface area contributed by atoms with Gasteiger partial charge in [-0.15, -0.1) is 0 Å². The average molecular weight is 352 g/mol. The molecule has 0 amide bonds. The number of H-pyrrole nitrogens is 2. The monoisotopic (exact) mass is 352 g/mol. The summed E-state index contributed by atoms with van der Waals surface area (Å²) < 4.78 is 0. The topological polar surface area (TPSA) is 51.8 Å². The molecule has 0 unspecified atom stereocenters. The number of aliphatic hydroxyl groups is 1. The number of aromatic amines is 2. The van der Waals surface area contributed by atoms with Crippen molar-refractivity contribution in [2.45, 2.75) is 12.5 Å². The summed E-state index contributed by atoms with van der Waals surface area (Å²) in [6.07, 6.45) is 4.20. The maximum absolute atomic E-state index is 9.97. The highest BCUT2D eigenvalue weighted by Crippen LogP contribution is 2.40. The van der Waals surface area contributed by atoms with Crippen molar-refractivity contribution in [2.24, 2.45) is 0 Å². The van der Waals surface area contributed by atoms with Crippen molar-refractivity contribution in [3.8, 4) is 0 Å². The molecule has 0 bridgehead atoms. The van der Waals surface area contributed by atoms with Crippen LogP contribution in [0.5, 0.6) is 0 Å². The van der Waals surface area contributed by atoms with Crippen LogP contribution in [0.2, 0.25) is 0 Å². The minimum Gasteiger partial charge on any atom is -0.392 e. The first kappa shape index (κ1) is 15.9. The van der Waals surface area contributed by atoms with E-state index >= 15 is 0 Å². The molecule has 0 fully saturated rings. The summed E-state index contributed by atoms with van der Waals surface area (Å²) in [5.41, 5.74) is 6.78. The van der Waals surface area contributed by atoms with E-state index in [0.717, 1.165) is 22.2 Å². The van der Waals surface area contributed by atoms with Gasteiger partial charge in [-0.25, -0.2) is 0 Å². The summed E-state index contributed by atoms with van der Waals surface area (Å²) in [6.45, 7) is 0.0252. The number of para-hydroxylation sites is 2. The van der Waals surface area contributed by atoms with Gasteiger partial charge >= 0.3 is 0 Å². The Hall–Kier alpha value is -3.30. The Bertz CT molecular complexity index is 1160. The predicted octanol–water partition coefficient (Wildman–Crippen LogP) is 5.32. The van der Waals surface area contributed by atoms with Crippen molar-refractivity contribution in [3.05, 3.63) is 107 Å². The maximum Gasteiger partial charge on any atom is 0.0684 e. The molecule has 0 atom stereocenters. The van der Waals surface area contributed by atoms with Gasteiger partial charge in [0.25, 0.3) is 0 Å². The van der Waals surface area contributed by atoms with Crippen LogP contribution >= 0.6 is 0 Å². The quantitative estimate of drug-likeness (QED) is 0.403. The molecule has 3 aromatic carbocycles. The SMILES string of the molecule is OCc1ccccc1C(c1c[nH]c2ccccc12)c1c[nH]c2ccccc12. The summed E-state index contributed by atoms with van der Waals surface area (Å²) in [7, 11) is 0. The molecular weight excluding hydrogens is 332 g/mol. The molecule has 0 saturated carbocycles. The van der Waals surface area contributed by atoms with Crippen LogP contribution in [-0.2, 0) is 6.61 Å². The molecule has 5 aromatic rings. The first-order valence-corrected chi connectivity index (χ1v) is 9.17. The first-order valence-electron chi connectivity index (χ1n) is 9.17. The van der Waals surface area contributed by atoms with Crippen LogP contribution < -0.4 is 0 Å². The van der Waals surface area contributed by atoms with E-state index in [1.165, 1.54) is 21.9 Å². The number of fused-ring (bicyclic) bond motifs is 2. The second kappa shape index (κ2) is 6.45. The molecule has 0 aliphatic rings. The second-order valence-corrected chi connectivity index (χ2v) is 6.87. The number of benzene rings is 3. The van der Waals surface area contributed by atoms with Crippen molar-refractivity contribution < 1.29 is 5.11 Å². The lowest BCUT2D eigenvalue weighted by Crippen LogP contribution is -2.06. The van der Waals surface area contributed by atoms with E-state index in [1.807, 2.05) is 30.3 Å². The normalized spacial score (nSPS) is 11.6. The molecule has 0 spiro atoms. The van der Waals surface area contributed by atoms with Crippen LogP contribution in [0.4, 0.5) is 0 Å². The molecular formula is C24H20N2O. The van der Waals surface area contributed by atoms with Crippen molar-refractivity contribution in [1.82, 2.24) is 9.97 Å². The number of hydrogen-bond donors (Lipinski definition) is 3. The highest BCUT2D eigenvalue weighted by molar-refractivity contribution is 5.89. The molecule has 0 radical (unpaired) electrons. The highest BCUT2D eigenvalue weighted by atomic mass is 16.3. The van der Waals surface area contributed by atoms with Gasteiger partial charge < -0.3 is 15.1 Å². The number of hydrogen-bond acceptors (Lipinski definition) is 1. The standard InChI is InChI=1S/C24H20N2O/c27-15-16-7-1-2-8-17(16)24(20-13-25-22-11-5-3-9-18(20)22)21-14-26-23-12-6-4-10-19(21)23/h1-14,24-27H,15H2. The molecule has 0 aliphatic heterocycles. The molecule has 0 saturated heterocycles. The molecule has 3 heteroatoms. The number of aromatic nitrogens is 2. The Morgan fingerprint density at radius 1 is 0.630 bits per heavy atom. The zero-order chi connectivity index (χ0) is 18.2. The van der Waals surface area contributed by atoms with Gasteiger partial charge in [0.2, 0.25) is 0 Å². The van der Waals surface area contributed by atoms with Crippen molar-refractivity contribution in [1.29, 1.82) is 0 Å². The Morgan fingerprint density at radius 3 is 1.74 bits per heavy atom. The van der Waals surface area contributed by atoms with Gasteiger partial charge in [-0.2, -0.15) is 0 Å². The van der Waals surface area contributed by atoms with Crippen LogP contribution in [0.3, 0.4) is 0 Å². The fourth-order valence-electron chi connectivity index (χ4n) is 4.13. The molecule has 0 aliphatic carbocycles. The average Bonchev–Trinajstić information content (AvgIpc) is 3.34. The third kappa shape index (κ3) is 2.56. The molecule has 2 heterocycles. The third-order valence-corrected chi connectivity index (χ3v) is 5.40. The smallest absolute Gasteiger partial charge is 0.0684 e. The Balaban J connectivity index is 1.83. The lowest BCUT2D eigenvalue weighted by molar-refractivity contribution is 0.280. The fourth-order valence-corrected chi connectivity index (χ4v) is 4.13. The number of nitrogens with one attached hydrogen (secondary N) is 2. The van der Waals surface area contributed by atoms with Gasteiger partial charge in [-0.05, 0) is 34.4 Å². The number of aliphatic hydroxyl groups excluding tert-OH is 1. The molecule has 2 aromatic heterocycles. The zero-order valence-corrected chi connectivity index (χ0v) is 14.8. The summed E-state index contributed by atoms with van der Waals surface area (Å²) in [5.74, 6) is 0.0284. The van der Waals surface area contributed by atoms with Gasteiger partial charge in [0.05, 0.1) is 6.61 Å². The van der Waals surface area contributed by atoms with Gasteiger partial charge in [0, 0.05) is 40.1 Å². The Morgan fingerprint density at radius 2 is 1.15 bits per heavy atom. The van der Waals surface area contributed by atoms with E-state index in [4.69, 9.17) is 0 Å². The zero-order valence-electron chi connectivity index (χ0n) is 14.8. The van der Waals surface area contributed by atoms with Gasteiger partial charge in [-0.1, -0.05) is 60.7 Å². The van der Waals surface area contributed by atoms with Crippen LogP contribution in [0.25, 0.3) is 21.8 Å². The largest absolute Gasteiger partial charge is 0.392 e. The molecule has 27 heavy (non-hydrogen) atoms. The lowest BCUT2D eigenvalue weighted by atomic mass is 9.82. The lowest BCUT2D eigenvalue weighted by Gasteiger charge is -2.20. The van der Waals surface area contributed by atoms with Crippen LogP contribution in [0.15, 0.2) is 85.2 Å². The molecule has 5 rings (SSSR count). The highest BCUT2D eigenvalue weighted by Gasteiger charge is 2.24. The molecule has 3 nitrogen and oxygen atoms in total. The maximum atomic E-state index is 9.97. The third-order valence-electron chi connectivity index (χ3n) is 5.40. The van der Waals surface area contributed by atoms with Crippen LogP contribution in [0.1, 0.15) is 28.2 Å². The minimum absolute atomic E-state index is 0.0252. The van der Waals surface area contributed by atoms with Crippen LogP contribution in [0, 0.1) is 0 Å². The van der Waals surface area contributed by atoms with E-state index in [-0.39, 0.29) is 12.5 Å².